The molecule has 1 aromatic rings. The fraction of sp³-hybridized carbons (Fsp3) is 0.588. The lowest BCUT2D eigenvalue weighted by molar-refractivity contribution is -0.932. The van der Waals surface area contributed by atoms with Crippen LogP contribution in [0.15, 0.2) is 29.2 Å². The predicted molar refractivity (Wildman–Crippen MR) is 84.7 cm³/mol. The van der Waals surface area contributed by atoms with Gasteiger partial charge in [-0.2, -0.15) is 0 Å². The van der Waals surface area contributed by atoms with E-state index in [0.717, 1.165) is 34.7 Å². The molecule has 0 amide bonds. The summed E-state index contributed by atoms with van der Waals surface area (Å²) < 4.78 is 32.3. The number of carbonyl (C=O) groups excluding carboxylic acids is 1. The minimum absolute atomic E-state index is 0.178. The number of hydrogen-bond donors (Lipinski definition) is 0. The smallest absolute Gasteiger partial charge is 0.144 e. The molecule has 1 saturated carbocycles. The number of carbonyl (C=O) groups is 1. The summed E-state index contributed by atoms with van der Waals surface area (Å²) >= 11 is 0. The molecule has 126 valence electrons. The topological polar surface area (TPSA) is 74.3 Å². The average Bonchev–Trinajstić information content (AvgIpc) is 3.18. The van der Waals surface area contributed by atoms with Gasteiger partial charge in [-0.3, -0.25) is 4.79 Å². The Bertz CT molecular complexity index is 701. The molecule has 2 aliphatic heterocycles. The lowest BCUT2D eigenvalue weighted by Crippen LogP contribution is -2.57. The van der Waals surface area contributed by atoms with E-state index >= 15 is 0 Å². The van der Waals surface area contributed by atoms with E-state index < -0.39 is 10.1 Å². The second kappa shape index (κ2) is 5.40. The second-order valence-electron chi connectivity index (χ2n) is 7.54. The van der Waals surface area contributed by atoms with E-state index in [-0.39, 0.29) is 4.90 Å². The van der Waals surface area contributed by atoms with E-state index in [1.807, 2.05) is 6.92 Å². The molecule has 0 radical (unpaired) electrons. The predicted octanol–water partition coefficient (Wildman–Crippen LogP) is 1.71. The summed E-state index contributed by atoms with van der Waals surface area (Å²) in [5, 5.41) is 0. The van der Waals surface area contributed by atoms with Gasteiger partial charge in [0.1, 0.15) is 15.9 Å². The first-order valence-corrected chi connectivity index (χ1v) is 9.39. The summed E-state index contributed by atoms with van der Waals surface area (Å²) in [5.41, 5.74) is 0.928. The van der Waals surface area contributed by atoms with Crippen LogP contribution in [0, 0.1) is 18.8 Å². The SMILES string of the molecule is C[N+]1(C)C2CC(=O)CC1C1CC12.Cc1ccc(S(=O)(=O)[O-])cc1. The minimum Gasteiger partial charge on any atom is -0.744 e. The number of quaternary nitrogens is 1. The number of nitrogens with zero attached hydrogens (tertiary/aromatic N) is 1. The van der Waals surface area contributed by atoms with Gasteiger partial charge in [0, 0.05) is 11.8 Å². The van der Waals surface area contributed by atoms with E-state index in [9.17, 15) is 17.8 Å². The van der Waals surface area contributed by atoms with E-state index in [2.05, 4.69) is 14.1 Å². The van der Waals surface area contributed by atoms with Crippen molar-refractivity contribution in [1.29, 1.82) is 0 Å². The van der Waals surface area contributed by atoms with Crippen molar-refractivity contribution >= 4 is 15.9 Å². The molecule has 2 heterocycles. The Balaban J connectivity index is 0.000000137. The zero-order chi connectivity index (χ0) is 17.0. The second-order valence-corrected chi connectivity index (χ2v) is 8.92. The molecule has 2 saturated heterocycles. The van der Waals surface area contributed by atoms with Crippen molar-refractivity contribution in [3.63, 3.8) is 0 Å². The summed E-state index contributed by atoms with van der Waals surface area (Å²) in [6, 6.07) is 7.15. The highest BCUT2D eigenvalue weighted by Crippen LogP contribution is 2.59. The molecule has 0 N–H and O–H groups in total. The molecule has 1 aromatic carbocycles. The van der Waals surface area contributed by atoms with Gasteiger partial charge < -0.3 is 9.04 Å². The van der Waals surface area contributed by atoms with Gasteiger partial charge in [-0.15, -0.1) is 0 Å². The van der Waals surface area contributed by atoms with Crippen LogP contribution in [0.4, 0.5) is 0 Å². The summed E-state index contributed by atoms with van der Waals surface area (Å²) in [7, 11) is 0.357. The Morgan fingerprint density at radius 1 is 1.04 bits per heavy atom. The fourth-order valence-electron chi connectivity index (χ4n) is 4.38. The highest BCUT2D eigenvalue weighted by Gasteiger charge is 2.67. The number of rotatable bonds is 1. The largest absolute Gasteiger partial charge is 0.744 e. The highest BCUT2D eigenvalue weighted by atomic mass is 32.2. The Morgan fingerprint density at radius 3 is 1.96 bits per heavy atom. The van der Waals surface area contributed by atoms with Crippen LogP contribution in [0.5, 0.6) is 0 Å². The average molecular weight is 337 g/mol. The Hall–Kier alpha value is -1.24. The molecular formula is C17H23NO4S. The summed E-state index contributed by atoms with van der Waals surface area (Å²) in [6.07, 6.45) is 3.15. The van der Waals surface area contributed by atoms with Crippen LogP contribution in [0.25, 0.3) is 0 Å². The van der Waals surface area contributed by atoms with E-state index in [1.165, 1.54) is 18.6 Å². The third kappa shape index (κ3) is 3.07. The van der Waals surface area contributed by atoms with Gasteiger partial charge in [-0.1, -0.05) is 17.7 Å². The maximum Gasteiger partial charge on any atom is 0.144 e. The van der Waals surface area contributed by atoms with Gasteiger partial charge in [-0.05, 0) is 25.5 Å². The van der Waals surface area contributed by atoms with E-state index in [1.54, 1.807) is 12.1 Å². The third-order valence-corrected chi connectivity index (χ3v) is 6.62. The van der Waals surface area contributed by atoms with E-state index in [0.29, 0.717) is 17.9 Å². The van der Waals surface area contributed by atoms with Crippen LogP contribution in [-0.2, 0) is 14.9 Å². The van der Waals surface area contributed by atoms with Gasteiger partial charge >= 0.3 is 0 Å². The van der Waals surface area contributed by atoms with Gasteiger partial charge in [0.15, 0.2) is 0 Å². The molecule has 1 aliphatic carbocycles. The molecule has 0 aromatic heterocycles. The Labute approximate surface area is 137 Å². The molecule has 0 spiro atoms. The minimum atomic E-state index is -4.27. The number of hydrogen-bond acceptors (Lipinski definition) is 4. The zero-order valence-electron chi connectivity index (χ0n) is 13.7. The first-order valence-electron chi connectivity index (χ1n) is 7.98. The van der Waals surface area contributed by atoms with E-state index in [4.69, 9.17) is 0 Å². The summed E-state index contributed by atoms with van der Waals surface area (Å²) in [4.78, 5) is 11.2. The monoisotopic (exact) mass is 337 g/mol. The van der Waals surface area contributed by atoms with Crippen LogP contribution < -0.4 is 0 Å². The lowest BCUT2D eigenvalue weighted by atomic mass is 9.95. The fourth-order valence-corrected chi connectivity index (χ4v) is 4.85. The third-order valence-electron chi connectivity index (χ3n) is 5.77. The maximum absolute atomic E-state index is 11.4. The van der Waals surface area contributed by atoms with Crippen molar-refractivity contribution in [1.82, 2.24) is 0 Å². The number of ketones is 1. The quantitative estimate of drug-likeness (QED) is 0.577. The van der Waals surface area contributed by atoms with Gasteiger partial charge in [0.05, 0.1) is 43.9 Å². The van der Waals surface area contributed by atoms with Gasteiger partial charge in [0.2, 0.25) is 0 Å². The zero-order valence-corrected chi connectivity index (χ0v) is 14.5. The number of piperidine rings is 2. The van der Waals surface area contributed by atoms with Crippen molar-refractivity contribution in [2.45, 2.75) is 43.2 Å². The Kier molecular flexibility index (Phi) is 3.90. The first-order chi connectivity index (χ1) is 10.6. The molecule has 4 unspecified atom stereocenters. The van der Waals surface area contributed by atoms with Crippen molar-refractivity contribution in [2.24, 2.45) is 11.8 Å². The molecular weight excluding hydrogens is 314 g/mol. The Morgan fingerprint density at radius 2 is 1.52 bits per heavy atom. The number of fused-ring (bicyclic) bond motifs is 5. The first kappa shape index (κ1) is 16.6. The number of aryl methyl sites for hydroxylation is 1. The molecule has 3 fully saturated rings. The maximum atomic E-state index is 11.4. The van der Waals surface area contributed by atoms with Crippen LogP contribution >= 0.6 is 0 Å². The molecule has 4 atom stereocenters. The molecule has 6 heteroatoms. The number of benzene rings is 1. The van der Waals surface area contributed by atoms with Gasteiger partial charge in [-0.25, -0.2) is 8.42 Å². The standard InChI is InChI=1S/C10H16NO.C7H8O3S/c1-11(2)9-3-6(12)4-10(11)8-5-7(8)9;1-6-2-4-7(5-3-6)11(8,9)10/h7-10H,3-5H2,1-2H3;2-5H,1H3,(H,8,9,10)/q+1;/p-1. The van der Waals surface area contributed by atoms with Crippen LogP contribution in [0.2, 0.25) is 0 Å². The van der Waals surface area contributed by atoms with Crippen molar-refractivity contribution in [3.8, 4) is 0 Å². The molecule has 3 aliphatic rings. The molecule has 4 rings (SSSR count). The van der Waals surface area contributed by atoms with Crippen molar-refractivity contribution in [2.75, 3.05) is 14.1 Å². The van der Waals surface area contributed by atoms with Gasteiger partial charge in [0.25, 0.3) is 0 Å². The highest BCUT2D eigenvalue weighted by molar-refractivity contribution is 7.85. The lowest BCUT2D eigenvalue weighted by Gasteiger charge is -2.43. The molecule has 5 nitrogen and oxygen atoms in total. The summed E-state index contributed by atoms with van der Waals surface area (Å²) in [5.74, 6) is 2.35. The van der Waals surface area contributed by atoms with Crippen molar-refractivity contribution < 1.29 is 22.2 Å². The van der Waals surface area contributed by atoms with Crippen molar-refractivity contribution in [3.05, 3.63) is 29.8 Å². The summed E-state index contributed by atoms with van der Waals surface area (Å²) in [6.45, 7) is 1.82. The normalized spacial score (nSPS) is 33.5. The van der Waals surface area contributed by atoms with Crippen LogP contribution in [-0.4, -0.2) is 49.4 Å². The van der Waals surface area contributed by atoms with Crippen LogP contribution in [0.3, 0.4) is 0 Å². The van der Waals surface area contributed by atoms with Crippen LogP contribution in [0.1, 0.15) is 24.8 Å². The molecule has 23 heavy (non-hydrogen) atoms. The molecule has 2 bridgehead atoms. The number of Topliss-reactive ketones (excluding diaryl/α,β-unsaturated/α-hetero) is 1.